The fraction of sp³-hybridized carbons (Fsp3) is 0.591. The number of carbonyl (C=O) groups excluding carboxylic acids is 1. The van der Waals surface area contributed by atoms with Gasteiger partial charge in [-0.05, 0) is 49.3 Å². The first-order valence-corrected chi connectivity index (χ1v) is 9.45. The molecular weight excluding hydrogens is 326 g/mol. The van der Waals surface area contributed by atoms with E-state index in [4.69, 9.17) is 9.47 Å². The van der Waals surface area contributed by atoms with E-state index in [1.807, 2.05) is 25.7 Å². The van der Waals surface area contributed by atoms with E-state index < -0.39 is 5.60 Å². The third kappa shape index (κ3) is 4.12. The van der Waals surface area contributed by atoms with Crippen LogP contribution in [0.1, 0.15) is 59.1 Å². The summed E-state index contributed by atoms with van der Waals surface area (Å²) in [5.41, 5.74) is 3.52. The van der Waals surface area contributed by atoms with Gasteiger partial charge in [0, 0.05) is 0 Å². The zero-order chi connectivity index (χ0) is 19.1. The number of hydrogen-bond donors (Lipinski definition) is 0. The Balaban J connectivity index is 1.83. The van der Waals surface area contributed by atoms with Gasteiger partial charge in [0.2, 0.25) is 0 Å². The van der Waals surface area contributed by atoms with Gasteiger partial charge in [0.15, 0.2) is 0 Å². The zero-order valence-electron chi connectivity index (χ0n) is 16.8. The standard InChI is InChI=1S/C22H31NO3/c1-21(2,3)17-9-7-15(8-10-17)16-11-18-13-25-14-19(12-16)23(18)20(24)26-22(4,5)6/h7-11,18-19H,12-14H2,1-6H3. The summed E-state index contributed by atoms with van der Waals surface area (Å²) in [7, 11) is 0. The molecule has 3 rings (SSSR count). The molecule has 0 aromatic heterocycles. The molecular formula is C22H31NO3. The van der Waals surface area contributed by atoms with E-state index in [1.54, 1.807) is 0 Å². The Kier molecular flexibility index (Phi) is 4.91. The minimum absolute atomic E-state index is 0.0332. The number of amides is 1. The molecule has 0 saturated carbocycles. The maximum atomic E-state index is 12.6. The normalized spacial score (nSPS) is 23.5. The van der Waals surface area contributed by atoms with Gasteiger partial charge >= 0.3 is 6.09 Å². The van der Waals surface area contributed by atoms with Crippen molar-refractivity contribution in [2.24, 2.45) is 0 Å². The molecule has 1 aromatic rings. The van der Waals surface area contributed by atoms with Gasteiger partial charge in [-0.15, -0.1) is 0 Å². The predicted octanol–water partition coefficient (Wildman–Crippen LogP) is 4.78. The maximum Gasteiger partial charge on any atom is 0.411 e. The average molecular weight is 357 g/mol. The SMILES string of the molecule is CC(C)(C)OC(=O)N1C2C=C(c3ccc(C(C)(C)C)cc3)CC1COC2. The van der Waals surface area contributed by atoms with Crippen LogP contribution < -0.4 is 0 Å². The second-order valence-electron chi connectivity index (χ2n) is 9.37. The van der Waals surface area contributed by atoms with E-state index in [-0.39, 0.29) is 23.6 Å². The van der Waals surface area contributed by atoms with E-state index in [0.29, 0.717) is 13.2 Å². The van der Waals surface area contributed by atoms with Gasteiger partial charge in [-0.3, -0.25) is 4.90 Å². The summed E-state index contributed by atoms with van der Waals surface area (Å²) >= 11 is 0. The maximum absolute atomic E-state index is 12.6. The van der Waals surface area contributed by atoms with Crippen LogP contribution in [0.25, 0.3) is 5.57 Å². The number of morpholine rings is 1. The summed E-state index contributed by atoms with van der Waals surface area (Å²) in [5.74, 6) is 0. The van der Waals surface area contributed by atoms with Gasteiger partial charge in [-0.2, -0.15) is 0 Å². The summed E-state index contributed by atoms with van der Waals surface area (Å²) in [5, 5.41) is 0. The minimum Gasteiger partial charge on any atom is -0.444 e. The van der Waals surface area contributed by atoms with Crippen molar-refractivity contribution in [2.45, 2.75) is 71.1 Å². The van der Waals surface area contributed by atoms with Crippen LogP contribution in [0.3, 0.4) is 0 Å². The molecule has 2 unspecified atom stereocenters. The van der Waals surface area contributed by atoms with Crippen molar-refractivity contribution in [3.05, 3.63) is 41.5 Å². The first kappa shape index (κ1) is 19.0. The van der Waals surface area contributed by atoms with Crippen LogP contribution in [-0.4, -0.2) is 41.9 Å². The lowest BCUT2D eigenvalue weighted by Crippen LogP contribution is -2.57. The lowest BCUT2D eigenvalue weighted by Gasteiger charge is -2.44. The van der Waals surface area contributed by atoms with E-state index in [1.165, 1.54) is 16.7 Å². The van der Waals surface area contributed by atoms with Crippen LogP contribution in [0.4, 0.5) is 4.79 Å². The lowest BCUT2D eigenvalue weighted by molar-refractivity contribution is -0.0510. The number of carbonyl (C=O) groups is 1. The minimum atomic E-state index is -0.487. The molecule has 2 bridgehead atoms. The van der Waals surface area contributed by atoms with Crippen LogP contribution in [-0.2, 0) is 14.9 Å². The van der Waals surface area contributed by atoms with Crippen molar-refractivity contribution in [2.75, 3.05) is 13.2 Å². The highest BCUT2D eigenvalue weighted by Gasteiger charge is 2.40. The topological polar surface area (TPSA) is 38.8 Å². The van der Waals surface area contributed by atoms with Gasteiger partial charge in [-0.1, -0.05) is 51.1 Å². The van der Waals surface area contributed by atoms with Crippen LogP contribution in [0.5, 0.6) is 0 Å². The Hall–Kier alpha value is -1.81. The molecule has 26 heavy (non-hydrogen) atoms. The molecule has 1 fully saturated rings. The summed E-state index contributed by atoms with van der Waals surface area (Å²) in [6, 6.07) is 8.80. The number of rotatable bonds is 1. The molecule has 2 aliphatic rings. The van der Waals surface area contributed by atoms with Gasteiger partial charge in [0.05, 0.1) is 25.3 Å². The van der Waals surface area contributed by atoms with Crippen LogP contribution in [0, 0.1) is 0 Å². The van der Waals surface area contributed by atoms with E-state index in [0.717, 1.165) is 6.42 Å². The highest BCUT2D eigenvalue weighted by molar-refractivity contribution is 5.75. The molecule has 0 aliphatic carbocycles. The van der Waals surface area contributed by atoms with Crippen LogP contribution in [0.2, 0.25) is 0 Å². The first-order chi connectivity index (χ1) is 12.0. The first-order valence-electron chi connectivity index (χ1n) is 9.45. The molecule has 2 heterocycles. The number of nitrogens with zero attached hydrogens (tertiary/aromatic N) is 1. The Labute approximate surface area is 157 Å². The van der Waals surface area contributed by atoms with Gasteiger partial charge < -0.3 is 9.47 Å². The van der Waals surface area contributed by atoms with Crippen LogP contribution in [0.15, 0.2) is 30.3 Å². The Bertz CT molecular complexity index is 692. The number of hydrogen-bond acceptors (Lipinski definition) is 3. The predicted molar refractivity (Wildman–Crippen MR) is 104 cm³/mol. The van der Waals surface area contributed by atoms with Crippen LogP contribution >= 0.6 is 0 Å². The van der Waals surface area contributed by atoms with Gasteiger partial charge in [-0.25, -0.2) is 4.79 Å². The molecule has 0 N–H and O–H groups in total. The largest absolute Gasteiger partial charge is 0.444 e. The fourth-order valence-electron chi connectivity index (χ4n) is 3.59. The number of benzene rings is 1. The van der Waals surface area contributed by atoms with Crippen molar-refractivity contribution >= 4 is 11.7 Å². The molecule has 0 spiro atoms. The summed E-state index contributed by atoms with van der Waals surface area (Å²) in [4.78, 5) is 14.5. The second kappa shape index (κ2) is 6.73. The molecule has 4 heteroatoms. The Morgan fingerprint density at radius 3 is 2.27 bits per heavy atom. The smallest absolute Gasteiger partial charge is 0.411 e. The fourth-order valence-corrected chi connectivity index (χ4v) is 3.59. The molecule has 142 valence electrons. The molecule has 2 aliphatic heterocycles. The van der Waals surface area contributed by atoms with E-state index in [2.05, 4.69) is 51.1 Å². The van der Waals surface area contributed by atoms with E-state index in [9.17, 15) is 4.79 Å². The quantitative estimate of drug-likeness (QED) is 0.726. The summed E-state index contributed by atoms with van der Waals surface area (Å²) in [6.07, 6.45) is 2.73. The monoisotopic (exact) mass is 357 g/mol. The highest BCUT2D eigenvalue weighted by Crippen LogP contribution is 2.34. The molecule has 4 nitrogen and oxygen atoms in total. The average Bonchev–Trinajstić information content (AvgIpc) is 2.51. The van der Waals surface area contributed by atoms with E-state index >= 15 is 0 Å². The van der Waals surface area contributed by atoms with Crippen molar-refractivity contribution in [3.8, 4) is 0 Å². The van der Waals surface area contributed by atoms with Gasteiger partial charge in [0.1, 0.15) is 5.60 Å². The Morgan fingerprint density at radius 2 is 1.73 bits per heavy atom. The molecule has 1 aromatic carbocycles. The van der Waals surface area contributed by atoms with Gasteiger partial charge in [0.25, 0.3) is 0 Å². The third-order valence-corrected chi connectivity index (χ3v) is 4.92. The molecule has 1 saturated heterocycles. The molecule has 0 radical (unpaired) electrons. The van der Waals surface area contributed by atoms with Crippen molar-refractivity contribution in [3.63, 3.8) is 0 Å². The second-order valence-corrected chi connectivity index (χ2v) is 9.37. The van der Waals surface area contributed by atoms with Crippen molar-refractivity contribution < 1.29 is 14.3 Å². The molecule has 2 atom stereocenters. The number of ether oxygens (including phenoxy) is 2. The number of fused-ring (bicyclic) bond motifs is 2. The van der Waals surface area contributed by atoms with Crippen molar-refractivity contribution in [1.82, 2.24) is 4.90 Å². The Morgan fingerprint density at radius 1 is 1.08 bits per heavy atom. The highest BCUT2D eigenvalue weighted by atomic mass is 16.6. The third-order valence-electron chi connectivity index (χ3n) is 4.92. The summed E-state index contributed by atoms with van der Waals surface area (Å²) < 4.78 is 11.3. The van der Waals surface area contributed by atoms with Crippen molar-refractivity contribution in [1.29, 1.82) is 0 Å². The lowest BCUT2D eigenvalue weighted by atomic mass is 9.84. The molecule has 1 amide bonds. The zero-order valence-corrected chi connectivity index (χ0v) is 16.8. The summed E-state index contributed by atoms with van der Waals surface area (Å²) in [6.45, 7) is 13.5.